The lowest BCUT2D eigenvalue weighted by Gasteiger charge is -2.39. The molecule has 0 spiro atoms. The molecule has 1 saturated carbocycles. The van der Waals surface area contributed by atoms with Gasteiger partial charge in [-0.2, -0.15) is 0 Å². The van der Waals surface area contributed by atoms with Gasteiger partial charge in [0, 0.05) is 16.5 Å². The van der Waals surface area contributed by atoms with Gasteiger partial charge in [-0.25, -0.2) is 0 Å². The van der Waals surface area contributed by atoms with Crippen LogP contribution in [-0.2, 0) is 9.47 Å². The SMILES string of the molecule is O=C(N[C@@H]1CC[C@@H]2OCCO[C@@H]2C1)c1ccc(-c2cccs2)cc1. The van der Waals surface area contributed by atoms with Crippen LogP contribution in [0.1, 0.15) is 29.6 Å². The fourth-order valence-electron chi connectivity index (χ4n) is 3.49. The average Bonchev–Trinajstić information content (AvgIpc) is 3.16. The zero-order valence-corrected chi connectivity index (χ0v) is 14.3. The largest absolute Gasteiger partial charge is 0.373 e. The number of hydrogen-bond acceptors (Lipinski definition) is 4. The number of fused-ring (bicyclic) bond motifs is 1. The molecule has 0 radical (unpaired) electrons. The standard InChI is InChI=1S/C19H21NO3S/c21-19(14-5-3-13(4-6-14)18-2-1-11-24-18)20-15-7-8-16-17(12-15)23-10-9-22-16/h1-6,11,15-17H,7-10,12H2,(H,20,21)/t15-,16+,17-/m1/s1. The second-order valence-electron chi connectivity index (χ2n) is 6.36. The number of thiophene rings is 1. The van der Waals surface area contributed by atoms with E-state index in [2.05, 4.69) is 16.8 Å². The summed E-state index contributed by atoms with van der Waals surface area (Å²) in [6.07, 6.45) is 3.07. The molecular formula is C19H21NO3S. The number of rotatable bonds is 3. The maximum atomic E-state index is 12.5. The Labute approximate surface area is 145 Å². The maximum absolute atomic E-state index is 12.5. The van der Waals surface area contributed by atoms with Crippen LogP contribution in [-0.4, -0.2) is 37.4 Å². The van der Waals surface area contributed by atoms with Gasteiger partial charge in [-0.05, 0) is 48.4 Å². The Morgan fingerprint density at radius 2 is 1.83 bits per heavy atom. The Balaban J connectivity index is 1.37. The number of hydrogen-bond donors (Lipinski definition) is 1. The van der Waals surface area contributed by atoms with Gasteiger partial charge in [-0.3, -0.25) is 4.79 Å². The van der Waals surface area contributed by atoms with Gasteiger partial charge < -0.3 is 14.8 Å². The van der Waals surface area contributed by atoms with Gasteiger partial charge in [0.1, 0.15) is 0 Å². The quantitative estimate of drug-likeness (QED) is 0.928. The first-order valence-corrected chi connectivity index (χ1v) is 9.35. The predicted octanol–water partition coefficient (Wildman–Crippen LogP) is 3.48. The molecule has 0 unspecified atom stereocenters. The number of carbonyl (C=O) groups excluding carboxylic acids is 1. The van der Waals surface area contributed by atoms with Crippen molar-refractivity contribution in [1.29, 1.82) is 0 Å². The van der Waals surface area contributed by atoms with E-state index >= 15 is 0 Å². The van der Waals surface area contributed by atoms with Crippen LogP contribution in [0, 0.1) is 0 Å². The topological polar surface area (TPSA) is 47.6 Å². The molecule has 2 heterocycles. The molecule has 2 aromatic rings. The summed E-state index contributed by atoms with van der Waals surface area (Å²) in [7, 11) is 0. The zero-order chi connectivity index (χ0) is 16.4. The molecule has 1 N–H and O–H groups in total. The summed E-state index contributed by atoms with van der Waals surface area (Å²) in [5.41, 5.74) is 1.85. The van der Waals surface area contributed by atoms with E-state index < -0.39 is 0 Å². The highest BCUT2D eigenvalue weighted by Gasteiger charge is 2.34. The number of carbonyl (C=O) groups is 1. The summed E-state index contributed by atoms with van der Waals surface area (Å²) < 4.78 is 11.5. The second-order valence-corrected chi connectivity index (χ2v) is 7.30. The lowest BCUT2D eigenvalue weighted by molar-refractivity contribution is -0.157. The number of amides is 1. The zero-order valence-electron chi connectivity index (χ0n) is 13.4. The first-order chi connectivity index (χ1) is 11.8. The highest BCUT2D eigenvalue weighted by Crippen LogP contribution is 2.27. The van der Waals surface area contributed by atoms with E-state index in [0.29, 0.717) is 18.8 Å². The highest BCUT2D eigenvalue weighted by atomic mass is 32.1. The number of ether oxygens (including phenoxy) is 2. The van der Waals surface area contributed by atoms with Crippen LogP contribution < -0.4 is 5.32 Å². The Bertz CT molecular complexity index is 683. The van der Waals surface area contributed by atoms with Crippen LogP contribution in [0.2, 0.25) is 0 Å². The van der Waals surface area contributed by atoms with E-state index in [1.165, 1.54) is 4.88 Å². The third kappa shape index (κ3) is 3.38. The minimum atomic E-state index is -0.00657. The molecule has 1 aromatic carbocycles. The van der Waals surface area contributed by atoms with E-state index in [1.54, 1.807) is 11.3 Å². The molecule has 24 heavy (non-hydrogen) atoms. The predicted molar refractivity (Wildman–Crippen MR) is 94.3 cm³/mol. The van der Waals surface area contributed by atoms with Gasteiger partial charge in [-0.15, -0.1) is 11.3 Å². The second kappa shape index (κ2) is 7.05. The third-order valence-corrected chi connectivity index (χ3v) is 5.69. The van der Waals surface area contributed by atoms with E-state index in [-0.39, 0.29) is 24.2 Å². The first-order valence-electron chi connectivity index (χ1n) is 8.47. The summed E-state index contributed by atoms with van der Waals surface area (Å²) in [5.74, 6) is -0.00657. The molecule has 1 amide bonds. The summed E-state index contributed by atoms with van der Waals surface area (Å²) in [6.45, 7) is 1.35. The van der Waals surface area contributed by atoms with Crippen molar-refractivity contribution in [3.63, 3.8) is 0 Å². The molecule has 126 valence electrons. The lowest BCUT2D eigenvalue weighted by Crippen LogP contribution is -2.49. The van der Waals surface area contributed by atoms with Crippen molar-refractivity contribution in [2.24, 2.45) is 0 Å². The molecule has 2 aliphatic rings. The molecule has 4 rings (SSSR count). The molecule has 2 fully saturated rings. The Morgan fingerprint density at radius 3 is 2.58 bits per heavy atom. The van der Waals surface area contributed by atoms with Gasteiger partial charge in [0.05, 0.1) is 25.4 Å². The molecule has 1 saturated heterocycles. The monoisotopic (exact) mass is 343 g/mol. The van der Waals surface area contributed by atoms with Crippen LogP contribution >= 0.6 is 11.3 Å². The molecule has 1 aliphatic carbocycles. The number of nitrogens with one attached hydrogen (secondary N) is 1. The molecule has 3 atom stereocenters. The summed E-state index contributed by atoms with van der Waals surface area (Å²) in [4.78, 5) is 13.7. The van der Waals surface area contributed by atoms with Gasteiger partial charge in [0.15, 0.2) is 0 Å². The Morgan fingerprint density at radius 1 is 1.04 bits per heavy atom. The van der Waals surface area contributed by atoms with Crippen molar-refractivity contribution in [2.75, 3.05) is 13.2 Å². The van der Waals surface area contributed by atoms with Crippen molar-refractivity contribution in [2.45, 2.75) is 37.5 Å². The van der Waals surface area contributed by atoms with Gasteiger partial charge in [0.2, 0.25) is 0 Å². The summed E-state index contributed by atoms with van der Waals surface area (Å²) >= 11 is 1.70. The van der Waals surface area contributed by atoms with Crippen LogP contribution in [0.25, 0.3) is 10.4 Å². The van der Waals surface area contributed by atoms with Crippen LogP contribution in [0.5, 0.6) is 0 Å². The van der Waals surface area contributed by atoms with E-state index in [0.717, 1.165) is 24.8 Å². The first kappa shape index (κ1) is 15.8. The van der Waals surface area contributed by atoms with Gasteiger partial charge in [-0.1, -0.05) is 18.2 Å². The average molecular weight is 343 g/mol. The van der Waals surface area contributed by atoms with Crippen LogP contribution in [0.4, 0.5) is 0 Å². The normalized spacial score (nSPS) is 26.6. The van der Waals surface area contributed by atoms with Gasteiger partial charge in [0.25, 0.3) is 5.91 Å². The highest BCUT2D eigenvalue weighted by molar-refractivity contribution is 7.13. The summed E-state index contributed by atoms with van der Waals surface area (Å²) in [5, 5.41) is 5.21. The molecule has 0 bridgehead atoms. The smallest absolute Gasteiger partial charge is 0.251 e. The van der Waals surface area contributed by atoms with Crippen molar-refractivity contribution in [3.8, 4) is 10.4 Å². The molecular weight excluding hydrogens is 322 g/mol. The van der Waals surface area contributed by atoms with Crippen molar-refractivity contribution in [1.82, 2.24) is 5.32 Å². The Kier molecular flexibility index (Phi) is 4.65. The minimum absolute atomic E-state index is 0.00657. The molecule has 5 heteroatoms. The van der Waals surface area contributed by atoms with Crippen molar-refractivity contribution < 1.29 is 14.3 Å². The van der Waals surface area contributed by atoms with Crippen molar-refractivity contribution >= 4 is 17.2 Å². The fraction of sp³-hybridized carbons (Fsp3) is 0.421. The van der Waals surface area contributed by atoms with Crippen molar-refractivity contribution in [3.05, 3.63) is 47.3 Å². The molecule has 4 nitrogen and oxygen atoms in total. The summed E-state index contributed by atoms with van der Waals surface area (Å²) in [6, 6.07) is 12.1. The van der Waals surface area contributed by atoms with E-state index in [4.69, 9.17) is 9.47 Å². The molecule has 1 aromatic heterocycles. The maximum Gasteiger partial charge on any atom is 0.251 e. The van der Waals surface area contributed by atoms with E-state index in [9.17, 15) is 4.79 Å². The lowest BCUT2D eigenvalue weighted by atomic mass is 9.89. The fourth-order valence-corrected chi connectivity index (χ4v) is 4.23. The Hall–Kier alpha value is -1.69. The minimum Gasteiger partial charge on any atom is -0.373 e. The van der Waals surface area contributed by atoms with Gasteiger partial charge >= 0.3 is 0 Å². The number of benzene rings is 1. The van der Waals surface area contributed by atoms with Crippen LogP contribution in [0.15, 0.2) is 41.8 Å². The van der Waals surface area contributed by atoms with Crippen LogP contribution in [0.3, 0.4) is 0 Å². The third-order valence-electron chi connectivity index (χ3n) is 4.77. The molecule has 1 aliphatic heterocycles. The van der Waals surface area contributed by atoms with E-state index in [1.807, 2.05) is 30.3 Å².